The van der Waals surface area contributed by atoms with Gasteiger partial charge in [0.2, 0.25) is 5.91 Å². The quantitative estimate of drug-likeness (QED) is 0.781. The molecule has 1 aromatic heterocycles. The Hall–Kier alpha value is -3.03. The van der Waals surface area contributed by atoms with E-state index in [2.05, 4.69) is 10.4 Å². The van der Waals surface area contributed by atoms with Crippen molar-refractivity contribution >= 4 is 11.9 Å². The van der Waals surface area contributed by atoms with Crippen LogP contribution < -0.4 is 10.9 Å². The Morgan fingerprint density at radius 1 is 1.27 bits per heavy atom. The summed E-state index contributed by atoms with van der Waals surface area (Å²) in [4.78, 5) is 35.4. The molecule has 7 nitrogen and oxygen atoms in total. The normalized spacial score (nSPS) is 13.0. The summed E-state index contributed by atoms with van der Waals surface area (Å²) < 4.78 is 14.8. The monoisotopic (exact) mass is 361 g/mol. The molecular formula is C18H20FN3O4. The number of nitrogens with one attached hydrogen (secondary N) is 1. The smallest absolute Gasteiger partial charge is 0.326 e. The lowest BCUT2D eigenvalue weighted by Gasteiger charge is -2.20. The number of nitrogens with zero attached hydrogens (tertiary/aromatic N) is 2. The first-order chi connectivity index (χ1) is 12.3. The molecule has 138 valence electrons. The lowest BCUT2D eigenvalue weighted by molar-refractivity contribution is -0.143. The predicted molar refractivity (Wildman–Crippen MR) is 92.9 cm³/mol. The number of carboxylic acid groups (broad SMARTS) is 1. The highest BCUT2D eigenvalue weighted by Gasteiger charge is 2.25. The lowest BCUT2D eigenvalue weighted by Crippen LogP contribution is -2.47. The maximum atomic E-state index is 13.9. The van der Waals surface area contributed by atoms with E-state index in [1.807, 2.05) is 6.92 Å². The fraction of sp³-hybridized carbons (Fsp3) is 0.333. The molecule has 0 aliphatic heterocycles. The standard InChI is InChI=1S/C18H20FN3O4/c1-3-11(2)17(18(25)26)20-15(23)10-22-16(24)9-8-14(21-22)12-6-4-5-7-13(12)19/h4-9,11,17H,3,10H2,1-2H3,(H,20,23)(H,25,26)/t11-,17+/m1/s1. The van der Waals surface area contributed by atoms with Gasteiger partial charge < -0.3 is 10.4 Å². The molecule has 2 N–H and O–H groups in total. The van der Waals surface area contributed by atoms with E-state index in [-0.39, 0.29) is 17.2 Å². The zero-order chi connectivity index (χ0) is 19.3. The van der Waals surface area contributed by atoms with Crippen molar-refractivity contribution in [1.82, 2.24) is 15.1 Å². The second-order valence-corrected chi connectivity index (χ2v) is 5.96. The van der Waals surface area contributed by atoms with Gasteiger partial charge in [-0.05, 0) is 24.1 Å². The van der Waals surface area contributed by atoms with Crippen LogP contribution in [0.2, 0.25) is 0 Å². The van der Waals surface area contributed by atoms with Gasteiger partial charge in [0, 0.05) is 11.6 Å². The van der Waals surface area contributed by atoms with Crippen LogP contribution >= 0.6 is 0 Å². The molecule has 1 heterocycles. The molecule has 0 aliphatic rings. The molecule has 1 aromatic carbocycles. The van der Waals surface area contributed by atoms with Gasteiger partial charge in [-0.25, -0.2) is 13.9 Å². The van der Waals surface area contributed by atoms with Crippen LogP contribution in [-0.4, -0.2) is 32.8 Å². The number of halogens is 1. The molecule has 2 aromatic rings. The van der Waals surface area contributed by atoms with E-state index in [0.29, 0.717) is 6.42 Å². The van der Waals surface area contributed by atoms with Crippen LogP contribution in [0.3, 0.4) is 0 Å². The molecule has 0 radical (unpaired) electrons. The van der Waals surface area contributed by atoms with Gasteiger partial charge in [0.15, 0.2) is 0 Å². The summed E-state index contributed by atoms with van der Waals surface area (Å²) in [6.45, 7) is 3.07. The third-order valence-electron chi connectivity index (χ3n) is 4.11. The summed E-state index contributed by atoms with van der Waals surface area (Å²) in [7, 11) is 0. The fourth-order valence-corrected chi connectivity index (χ4v) is 2.41. The van der Waals surface area contributed by atoms with Gasteiger partial charge in [-0.3, -0.25) is 9.59 Å². The van der Waals surface area contributed by atoms with Crippen molar-refractivity contribution in [2.45, 2.75) is 32.9 Å². The molecule has 0 spiro atoms. The van der Waals surface area contributed by atoms with E-state index in [4.69, 9.17) is 0 Å². The molecule has 0 bridgehead atoms. The first-order valence-electron chi connectivity index (χ1n) is 8.18. The van der Waals surface area contributed by atoms with Crippen molar-refractivity contribution < 1.29 is 19.1 Å². The van der Waals surface area contributed by atoms with Gasteiger partial charge in [-0.2, -0.15) is 5.10 Å². The first kappa shape index (κ1) is 19.3. The molecular weight excluding hydrogens is 341 g/mol. The Morgan fingerprint density at radius 3 is 2.58 bits per heavy atom. The van der Waals surface area contributed by atoms with Crippen molar-refractivity contribution in [2.24, 2.45) is 5.92 Å². The Morgan fingerprint density at radius 2 is 1.96 bits per heavy atom. The molecule has 0 saturated heterocycles. The number of aromatic nitrogens is 2. The van der Waals surface area contributed by atoms with Gasteiger partial charge in [-0.1, -0.05) is 32.4 Å². The van der Waals surface area contributed by atoms with E-state index in [0.717, 1.165) is 4.68 Å². The number of hydrogen-bond donors (Lipinski definition) is 2. The SMILES string of the molecule is CC[C@@H](C)[C@H](NC(=O)Cn1nc(-c2ccccc2F)ccc1=O)C(=O)O. The second-order valence-electron chi connectivity index (χ2n) is 5.96. The zero-order valence-electron chi connectivity index (χ0n) is 14.5. The van der Waals surface area contributed by atoms with Gasteiger partial charge in [0.25, 0.3) is 5.56 Å². The maximum Gasteiger partial charge on any atom is 0.326 e. The van der Waals surface area contributed by atoms with Crippen LogP contribution in [0, 0.1) is 11.7 Å². The van der Waals surface area contributed by atoms with Crippen LogP contribution in [-0.2, 0) is 16.1 Å². The van der Waals surface area contributed by atoms with Crippen LogP contribution in [0.25, 0.3) is 11.3 Å². The number of aliphatic carboxylic acids is 1. The minimum atomic E-state index is -1.15. The average molecular weight is 361 g/mol. The van der Waals surface area contributed by atoms with Crippen LogP contribution in [0.5, 0.6) is 0 Å². The van der Waals surface area contributed by atoms with E-state index < -0.39 is 35.8 Å². The Balaban J connectivity index is 2.22. The Bertz CT molecular complexity index is 866. The topological polar surface area (TPSA) is 101 Å². The van der Waals surface area contributed by atoms with Gasteiger partial charge >= 0.3 is 5.97 Å². The van der Waals surface area contributed by atoms with E-state index in [1.54, 1.807) is 13.0 Å². The highest BCUT2D eigenvalue weighted by molar-refractivity contribution is 5.83. The van der Waals surface area contributed by atoms with Crippen LogP contribution in [0.1, 0.15) is 20.3 Å². The van der Waals surface area contributed by atoms with Gasteiger partial charge in [-0.15, -0.1) is 0 Å². The zero-order valence-corrected chi connectivity index (χ0v) is 14.5. The molecule has 0 fully saturated rings. The molecule has 26 heavy (non-hydrogen) atoms. The second kappa shape index (κ2) is 8.37. The highest BCUT2D eigenvalue weighted by atomic mass is 19.1. The first-order valence-corrected chi connectivity index (χ1v) is 8.18. The summed E-state index contributed by atoms with van der Waals surface area (Å²) in [5.41, 5.74) is -0.146. The number of carbonyl (C=O) groups excluding carboxylic acids is 1. The Kier molecular flexibility index (Phi) is 6.21. The van der Waals surface area contributed by atoms with Crippen LogP contribution in [0.4, 0.5) is 4.39 Å². The summed E-state index contributed by atoms with van der Waals surface area (Å²) in [6.07, 6.45) is 0.568. The summed E-state index contributed by atoms with van der Waals surface area (Å²) in [5.74, 6) is -2.57. The van der Waals surface area contributed by atoms with Gasteiger partial charge in [0.05, 0.1) is 5.69 Å². The number of carboxylic acids is 1. The van der Waals surface area contributed by atoms with E-state index >= 15 is 0 Å². The third-order valence-corrected chi connectivity index (χ3v) is 4.11. The van der Waals surface area contributed by atoms with Gasteiger partial charge in [0.1, 0.15) is 18.4 Å². The molecule has 8 heteroatoms. The number of hydrogen-bond acceptors (Lipinski definition) is 4. The highest BCUT2D eigenvalue weighted by Crippen LogP contribution is 2.18. The largest absolute Gasteiger partial charge is 0.480 e. The number of rotatable bonds is 7. The summed E-state index contributed by atoms with van der Waals surface area (Å²) in [5, 5.41) is 15.6. The van der Waals surface area contributed by atoms with Crippen molar-refractivity contribution in [1.29, 1.82) is 0 Å². The molecule has 0 aliphatic carbocycles. The minimum absolute atomic E-state index is 0.199. The maximum absolute atomic E-state index is 13.9. The fourth-order valence-electron chi connectivity index (χ4n) is 2.41. The molecule has 0 unspecified atom stereocenters. The third kappa shape index (κ3) is 4.53. The van der Waals surface area contributed by atoms with Crippen molar-refractivity contribution in [2.75, 3.05) is 0 Å². The van der Waals surface area contributed by atoms with Crippen molar-refractivity contribution in [3.8, 4) is 11.3 Å². The number of benzene rings is 1. The van der Waals surface area contributed by atoms with Crippen LogP contribution in [0.15, 0.2) is 41.2 Å². The lowest BCUT2D eigenvalue weighted by atomic mass is 9.99. The van der Waals surface area contributed by atoms with E-state index in [9.17, 15) is 23.9 Å². The van der Waals surface area contributed by atoms with E-state index in [1.165, 1.54) is 30.3 Å². The average Bonchev–Trinajstić information content (AvgIpc) is 2.61. The molecule has 1 amide bonds. The molecule has 2 atom stereocenters. The minimum Gasteiger partial charge on any atom is -0.480 e. The Labute approximate surface area is 149 Å². The number of carbonyl (C=O) groups is 2. The molecule has 2 rings (SSSR count). The summed E-state index contributed by atoms with van der Waals surface area (Å²) >= 11 is 0. The summed E-state index contributed by atoms with van der Waals surface area (Å²) in [6, 6.07) is 7.44. The molecule has 0 saturated carbocycles. The predicted octanol–water partition coefficient (Wildman–Crippen LogP) is 1.66. The van der Waals surface area contributed by atoms with Crippen molar-refractivity contribution in [3.05, 3.63) is 52.6 Å². The van der Waals surface area contributed by atoms with Crippen molar-refractivity contribution in [3.63, 3.8) is 0 Å². The number of amides is 1.